The van der Waals surface area contributed by atoms with Crippen molar-refractivity contribution in [2.75, 3.05) is 13.1 Å². The van der Waals surface area contributed by atoms with Gasteiger partial charge >= 0.3 is 0 Å². The van der Waals surface area contributed by atoms with Gasteiger partial charge in [0, 0.05) is 24.2 Å². The first kappa shape index (κ1) is 18.1. The van der Waals surface area contributed by atoms with Crippen LogP contribution in [0, 0.1) is 18.6 Å². The summed E-state index contributed by atoms with van der Waals surface area (Å²) in [5.41, 5.74) is 2.74. The van der Waals surface area contributed by atoms with Crippen LogP contribution in [0.15, 0.2) is 42.5 Å². The van der Waals surface area contributed by atoms with Crippen LogP contribution in [0.5, 0.6) is 0 Å². The van der Waals surface area contributed by atoms with Gasteiger partial charge in [0.2, 0.25) is 5.91 Å². The molecule has 1 atom stereocenters. The van der Waals surface area contributed by atoms with Gasteiger partial charge in [-0.25, -0.2) is 8.78 Å². The van der Waals surface area contributed by atoms with E-state index in [0.717, 1.165) is 12.5 Å². The zero-order chi connectivity index (χ0) is 17.5. The summed E-state index contributed by atoms with van der Waals surface area (Å²) in [7, 11) is 0. The van der Waals surface area contributed by atoms with Gasteiger partial charge in [-0.15, -0.1) is 0 Å². The Kier molecular flexibility index (Phi) is 6.44. The van der Waals surface area contributed by atoms with Gasteiger partial charge < -0.3 is 10.6 Å². The first-order chi connectivity index (χ1) is 11.5. The molecule has 2 aromatic carbocycles. The smallest absolute Gasteiger partial charge is 0.233 e. The first-order valence-electron chi connectivity index (χ1n) is 7.97. The van der Waals surface area contributed by atoms with E-state index in [1.165, 1.54) is 23.3 Å². The second-order valence-electron chi connectivity index (χ2n) is 5.79. The first-order valence-corrected chi connectivity index (χ1v) is 7.97. The van der Waals surface area contributed by atoms with Gasteiger partial charge in [0.25, 0.3) is 0 Å². The van der Waals surface area contributed by atoms with Gasteiger partial charge in [-0.1, -0.05) is 30.3 Å². The van der Waals surface area contributed by atoms with Crippen LogP contribution in [0.4, 0.5) is 8.78 Å². The largest absolute Gasteiger partial charge is 0.355 e. The molecule has 0 spiro atoms. The molecule has 2 aromatic rings. The van der Waals surface area contributed by atoms with Gasteiger partial charge in [0.15, 0.2) is 0 Å². The fraction of sp³-hybridized carbons (Fsp3) is 0.316. The van der Waals surface area contributed by atoms with Gasteiger partial charge in [0.05, 0.1) is 6.54 Å². The van der Waals surface area contributed by atoms with E-state index in [0.29, 0.717) is 12.1 Å². The molecule has 128 valence electrons. The number of carbonyl (C=O) groups excluding carboxylic acids is 1. The lowest BCUT2D eigenvalue weighted by atomic mass is 10.1. The van der Waals surface area contributed by atoms with Crippen molar-refractivity contribution < 1.29 is 13.6 Å². The van der Waals surface area contributed by atoms with E-state index < -0.39 is 11.6 Å². The summed E-state index contributed by atoms with van der Waals surface area (Å²) in [6.45, 7) is 4.39. The second-order valence-corrected chi connectivity index (χ2v) is 5.79. The van der Waals surface area contributed by atoms with E-state index in [-0.39, 0.29) is 18.5 Å². The number of carbonyl (C=O) groups is 1. The van der Waals surface area contributed by atoms with Crippen LogP contribution in [0.1, 0.15) is 29.7 Å². The summed E-state index contributed by atoms with van der Waals surface area (Å²) in [4.78, 5) is 11.9. The van der Waals surface area contributed by atoms with Gasteiger partial charge in [0.1, 0.15) is 11.6 Å². The highest BCUT2D eigenvalue weighted by Crippen LogP contribution is 2.17. The molecule has 0 bridgehead atoms. The van der Waals surface area contributed by atoms with Gasteiger partial charge in [-0.3, -0.25) is 4.79 Å². The lowest BCUT2D eigenvalue weighted by molar-refractivity contribution is -0.120. The van der Waals surface area contributed by atoms with Crippen molar-refractivity contribution >= 4 is 5.91 Å². The van der Waals surface area contributed by atoms with Crippen molar-refractivity contribution in [3.8, 4) is 0 Å². The number of hydrogen-bond donors (Lipinski definition) is 2. The number of benzene rings is 2. The second kappa shape index (κ2) is 8.55. The van der Waals surface area contributed by atoms with Crippen molar-refractivity contribution in [1.82, 2.24) is 10.6 Å². The molecule has 0 saturated heterocycles. The Morgan fingerprint density at radius 3 is 2.62 bits per heavy atom. The maximum absolute atomic E-state index is 13.7. The van der Waals surface area contributed by atoms with Crippen molar-refractivity contribution in [3.63, 3.8) is 0 Å². The van der Waals surface area contributed by atoms with Crippen LogP contribution in [0.2, 0.25) is 0 Å². The van der Waals surface area contributed by atoms with Crippen molar-refractivity contribution in [2.24, 2.45) is 0 Å². The molecule has 3 nitrogen and oxygen atoms in total. The molecule has 0 saturated carbocycles. The van der Waals surface area contributed by atoms with Crippen molar-refractivity contribution in [3.05, 3.63) is 70.8 Å². The molecule has 0 unspecified atom stereocenters. The molecule has 0 aliphatic rings. The third kappa shape index (κ3) is 5.13. The Balaban J connectivity index is 1.75. The molecule has 0 fully saturated rings. The van der Waals surface area contributed by atoms with E-state index in [1.807, 2.05) is 31.2 Å². The summed E-state index contributed by atoms with van der Waals surface area (Å²) in [6, 6.07) is 11.1. The molecule has 24 heavy (non-hydrogen) atoms. The molecule has 2 rings (SSSR count). The van der Waals surface area contributed by atoms with Gasteiger partial charge in [-0.05, 0) is 37.5 Å². The molecule has 0 aliphatic heterocycles. The fourth-order valence-corrected chi connectivity index (χ4v) is 2.50. The zero-order valence-corrected chi connectivity index (χ0v) is 13.9. The molecule has 0 heterocycles. The van der Waals surface area contributed by atoms with E-state index in [2.05, 4.69) is 10.6 Å². The van der Waals surface area contributed by atoms with E-state index >= 15 is 0 Å². The van der Waals surface area contributed by atoms with Crippen LogP contribution < -0.4 is 10.6 Å². The summed E-state index contributed by atoms with van der Waals surface area (Å²) < 4.78 is 26.6. The maximum Gasteiger partial charge on any atom is 0.233 e. The van der Waals surface area contributed by atoms with E-state index in [1.54, 1.807) is 6.92 Å². The summed E-state index contributed by atoms with van der Waals surface area (Å²) in [6.07, 6.45) is 0.764. The number of halogens is 2. The number of hydrogen-bond acceptors (Lipinski definition) is 2. The monoisotopic (exact) mass is 332 g/mol. The van der Waals surface area contributed by atoms with E-state index in [4.69, 9.17) is 0 Å². The fourth-order valence-electron chi connectivity index (χ4n) is 2.50. The topological polar surface area (TPSA) is 41.1 Å². The van der Waals surface area contributed by atoms with Gasteiger partial charge in [-0.2, -0.15) is 0 Å². The minimum atomic E-state index is -0.616. The molecule has 5 heteroatoms. The number of rotatable bonds is 7. The lowest BCUT2D eigenvalue weighted by Crippen LogP contribution is -2.36. The molecular weight excluding hydrogens is 310 g/mol. The Bertz CT molecular complexity index is 704. The Hall–Kier alpha value is -2.27. The zero-order valence-electron chi connectivity index (χ0n) is 13.9. The highest BCUT2D eigenvalue weighted by Gasteiger charge is 2.12. The Morgan fingerprint density at radius 2 is 1.92 bits per heavy atom. The predicted molar refractivity (Wildman–Crippen MR) is 90.7 cm³/mol. The predicted octanol–water partition coefficient (Wildman–Crippen LogP) is 3.28. The van der Waals surface area contributed by atoms with Crippen LogP contribution in [-0.2, 0) is 11.2 Å². The highest BCUT2D eigenvalue weighted by molar-refractivity contribution is 5.78. The van der Waals surface area contributed by atoms with Crippen LogP contribution in [0.3, 0.4) is 0 Å². The van der Waals surface area contributed by atoms with Crippen molar-refractivity contribution in [2.45, 2.75) is 26.3 Å². The third-order valence-corrected chi connectivity index (χ3v) is 3.98. The molecule has 0 aliphatic carbocycles. The van der Waals surface area contributed by atoms with Crippen molar-refractivity contribution in [1.29, 1.82) is 0 Å². The van der Waals surface area contributed by atoms with Crippen LogP contribution in [-0.4, -0.2) is 19.0 Å². The molecule has 0 aromatic heterocycles. The van der Waals surface area contributed by atoms with E-state index in [9.17, 15) is 13.6 Å². The normalized spacial score (nSPS) is 12.0. The summed E-state index contributed by atoms with van der Waals surface area (Å²) in [5, 5.41) is 5.78. The average molecular weight is 332 g/mol. The average Bonchev–Trinajstić information content (AvgIpc) is 2.54. The lowest BCUT2D eigenvalue weighted by Gasteiger charge is -2.15. The van der Waals surface area contributed by atoms with Crippen LogP contribution in [0.25, 0.3) is 0 Å². The maximum atomic E-state index is 13.7. The minimum Gasteiger partial charge on any atom is -0.355 e. The molecule has 0 radical (unpaired) electrons. The number of amides is 1. The quantitative estimate of drug-likeness (QED) is 0.817. The Morgan fingerprint density at radius 1 is 1.17 bits per heavy atom. The standard InChI is InChI=1S/C19H22F2N2O/c1-13-5-3-4-6-15(13)9-10-22-19(24)12-23-14(2)17-8-7-16(20)11-18(17)21/h3-8,11,14,23H,9-10,12H2,1-2H3,(H,22,24)/t14-/m1/s1. The molecule has 1 amide bonds. The molecular formula is C19H22F2N2O. The highest BCUT2D eigenvalue weighted by atomic mass is 19.1. The summed E-state index contributed by atoms with van der Waals surface area (Å²) >= 11 is 0. The SMILES string of the molecule is Cc1ccccc1CCNC(=O)CN[C@H](C)c1ccc(F)cc1F. The Labute approximate surface area is 141 Å². The minimum absolute atomic E-state index is 0.0752. The third-order valence-electron chi connectivity index (χ3n) is 3.98. The summed E-state index contributed by atoms with van der Waals surface area (Å²) in [5.74, 6) is -1.38. The van der Waals surface area contributed by atoms with Crippen LogP contribution >= 0.6 is 0 Å². The molecule has 2 N–H and O–H groups in total. The number of aryl methyl sites for hydroxylation is 1. The number of nitrogens with one attached hydrogen (secondary N) is 2.